The van der Waals surface area contributed by atoms with Crippen LogP contribution in [0.3, 0.4) is 0 Å². The molecule has 2 N–H and O–H groups in total. The second-order valence-corrected chi connectivity index (χ2v) is 7.70. The SMILES string of the molecule is CC(C)OCc1ccc(CNC(=O)CN2CCNCC2c2cccc(F)c2)cc1. The second-order valence-electron chi connectivity index (χ2n) is 7.70. The van der Waals surface area contributed by atoms with Crippen LogP contribution in [0, 0.1) is 5.82 Å². The lowest BCUT2D eigenvalue weighted by Crippen LogP contribution is -2.49. The molecule has 0 aliphatic carbocycles. The van der Waals surface area contributed by atoms with Crippen molar-refractivity contribution in [3.8, 4) is 0 Å². The van der Waals surface area contributed by atoms with E-state index < -0.39 is 0 Å². The second kappa shape index (κ2) is 10.5. The third-order valence-electron chi connectivity index (χ3n) is 5.03. The molecule has 0 radical (unpaired) electrons. The molecule has 5 nitrogen and oxygen atoms in total. The molecule has 2 aromatic rings. The Morgan fingerprint density at radius 1 is 1.24 bits per heavy atom. The van der Waals surface area contributed by atoms with Crippen molar-refractivity contribution < 1.29 is 13.9 Å². The Balaban J connectivity index is 1.51. The predicted octanol–water partition coefficient (Wildman–Crippen LogP) is 3.01. The van der Waals surface area contributed by atoms with Crippen LogP contribution >= 0.6 is 0 Å². The van der Waals surface area contributed by atoms with Gasteiger partial charge in [-0.15, -0.1) is 0 Å². The van der Waals surface area contributed by atoms with Crippen LogP contribution in [0.15, 0.2) is 48.5 Å². The van der Waals surface area contributed by atoms with Gasteiger partial charge in [0.15, 0.2) is 0 Å². The van der Waals surface area contributed by atoms with E-state index in [4.69, 9.17) is 4.74 Å². The normalized spacial score (nSPS) is 17.4. The Bertz CT molecular complexity index is 795. The Hall–Kier alpha value is -2.28. The van der Waals surface area contributed by atoms with Gasteiger partial charge in [0.2, 0.25) is 5.91 Å². The molecule has 1 unspecified atom stereocenters. The van der Waals surface area contributed by atoms with Gasteiger partial charge in [-0.05, 0) is 42.7 Å². The molecule has 1 aliphatic heterocycles. The lowest BCUT2D eigenvalue weighted by molar-refractivity contribution is -0.123. The molecule has 6 heteroatoms. The van der Waals surface area contributed by atoms with Crippen molar-refractivity contribution in [2.24, 2.45) is 0 Å². The smallest absolute Gasteiger partial charge is 0.234 e. The van der Waals surface area contributed by atoms with Gasteiger partial charge in [0.25, 0.3) is 0 Å². The number of benzene rings is 2. The molecular formula is C23H30FN3O2. The molecule has 2 aromatic carbocycles. The van der Waals surface area contributed by atoms with Gasteiger partial charge >= 0.3 is 0 Å². The van der Waals surface area contributed by atoms with E-state index in [0.717, 1.165) is 29.8 Å². The van der Waals surface area contributed by atoms with E-state index in [1.54, 1.807) is 12.1 Å². The number of ether oxygens (including phenoxy) is 1. The van der Waals surface area contributed by atoms with Crippen LogP contribution in [-0.4, -0.2) is 43.1 Å². The van der Waals surface area contributed by atoms with E-state index in [-0.39, 0.29) is 23.9 Å². The molecule has 3 rings (SSSR count). The van der Waals surface area contributed by atoms with Crippen molar-refractivity contribution in [1.29, 1.82) is 0 Å². The number of hydrogen-bond donors (Lipinski definition) is 2. The summed E-state index contributed by atoms with van der Waals surface area (Å²) in [6.45, 7) is 7.68. The number of nitrogens with one attached hydrogen (secondary N) is 2. The molecule has 0 aromatic heterocycles. The van der Waals surface area contributed by atoms with Crippen LogP contribution in [0.1, 0.15) is 36.6 Å². The summed E-state index contributed by atoms with van der Waals surface area (Å²) < 4.78 is 19.2. The van der Waals surface area contributed by atoms with Crippen molar-refractivity contribution >= 4 is 5.91 Å². The first-order valence-electron chi connectivity index (χ1n) is 10.2. The van der Waals surface area contributed by atoms with Gasteiger partial charge in [0, 0.05) is 32.2 Å². The van der Waals surface area contributed by atoms with Crippen LogP contribution in [-0.2, 0) is 22.7 Å². The summed E-state index contributed by atoms with van der Waals surface area (Å²) in [6.07, 6.45) is 0.204. The van der Waals surface area contributed by atoms with Crippen molar-refractivity contribution in [2.75, 3.05) is 26.2 Å². The van der Waals surface area contributed by atoms with Gasteiger partial charge in [-0.3, -0.25) is 9.69 Å². The van der Waals surface area contributed by atoms with Crippen molar-refractivity contribution in [1.82, 2.24) is 15.5 Å². The van der Waals surface area contributed by atoms with Gasteiger partial charge in [0.1, 0.15) is 5.82 Å². The lowest BCUT2D eigenvalue weighted by atomic mass is 10.0. The van der Waals surface area contributed by atoms with Gasteiger partial charge in [-0.25, -0.2) is 4.39 Å². The number of nitrogens with zero attached hydrogens (tertiary/aromatic N) is 1. The van der Waals surface area contributed by atoms with Gasteiger partial charge in [0.05, 0.1) is 19.3 Å². The maximum absolute atomic E-state index is 13.6. The minimum Gasteiger partial charge on any atom is -0.374 e. The summed E-state index contributed by atoms with van der Waals surface area (Å²) in [4.78, 5) is 14.6. The average molecular weight is 400 g/mol. The third kappa shape index (κ3) is 6.63. The number of carbonyl (C=O) groups excluding carboxylic acids is 1. The Kier molecular flexibility index (Phi) is 7.75. The molecule has 0 saturated carbocycles. The van der Waals surface area contributed by atoms with Gasteiger partial charge in [-0.1, -0.05) is 36.4 Å². The zero-order valence-corrected chi connectivity index (χ0v) is 17.2. The fraction of sp³-hybridized carbons (Fsp3) is 0.435. The third-order valence-corrected chi connectivity index (χ3v) is 5.03. The zero-order chi connectivity index (χ0) is 20.6. The first kappa shape index (κ1) is 21.4. The van der Waals surface area contributed by atoms with E-state index in [1.807, 2.05) is 44.2 Å². The van der Waals surface area contributed by atoms with E-state index in [2.05, 4.69) is 15.5 Å². The van der Waals surface area contributed by atoms with E-state index in [1.165, 1.54) is 6.07 Å². The molecule has 1 heterocycles. The van der Waals surface area contributed by atoms with E-state index >= 15 is 0 Å². The number of amides is 1. The summed E-state index contributed by atoms with van der Waals surface area (Å²) in [6, 6.07) is 14.7. The monoisotopic (exact) mass is 399 g/mol. The van der Waals surface area contributed by atoms with Crippen LogP contribution in [0.5, 0.6) is 0 Å². The Morgan fingerprint density at radius 2 is 2.00 bits per heavy atom. The van der Waals surface area contributed by atoms with Crippen LogP contribution in [0.25, 0.3) is 0 Å². The van der Waals surface area contributed by atoms with E-state index in [9.17, 15) is 9.18 Å². The summed E-state index contributed by atoms with van der Waals surface area (Å²) >= 11 is 0. The summed E-state index contributed by atoms with van der Waals surface area (Å²) in [5.74, 6) is -0.278. The predicted molar refractivity (Wildman–Crippen MR) is 112 cm³/mol. The topological polar surface area (TPSA) is 53.6 Å². The molecule has 0 spiro atoms. The fourth-order valence-corrected chi connectivity index (χ4v) is 3.44. The summed E-state index contributed by atoms with van der Waals surface area (Å²) in [5.41, 5.74) is 3.06. The molecule has 1 atom stereocenters. The highest BCUT2D eigenvalue weighted by Crippen LogP contribution is 2.22. The fourth-order valence-electron chi connectivity index (χ4n) is 3.44. The molecule has 0 bridgehead atoms. The van der Waals surface area contributed by atoms with Gasteiger partial charge < -0.3 is 15.4 Å². The lowest BCUT2D eigenvalue weighted by Gasteiger charge is -2.36. The highest BCUT2D eigenvalue weighted by molar-refractivity contribution is 5.78. The largest absolute Gasteiger partial charge is 0.374 e. The summed E-state index contributed by atoms with van der Waals surface area (Å²) in [5, 5.41) is 6.32. The standard InChI is InChI=1S/C23H30FN3O2/c1-17(2)29-16-19-8-6-18(7-9-19)13-26-23(28)15-27-11-10-25-14-22(27)20-4-3-5-21(24)12-20/h3-9,12,17,22,25H,10-11,13-16H2,1-2H3,(H,26,28). The minimum atomic E-state index is -0.250. The van der Waals surface area contributed by atoms with Gasteiger partial charge in [-0.2, -0.15) is 0 Å². The number of hydrogen-bond acceptors (Lipinski definition) is 4. The first-order chi connectivity index (χ1) is 14.0. The summed E-state index contributed by atoms with van der Waals surface area (Å²) in [7, 11) is 0. The number of rotatable bonds is 8. The Labute approximate surface area is 172 Å². The number of halogens is 1. The highest BCUT2D eigenvalue weighted by Gasteiger charge is 2.25. The van der Waals surface area contributed by atoms with E-state index in [0.29, 0.717) is 26.2 Å². The van der Waals surface area contributed by atoms with Crippen LogP contribution < -0.4 is 10.6 Å². The average Bonchev–Trinajstić information content (AvgIpc) is 2.72. The molecule has 1 saturated heterocycles. The molecule has 1 aliphatic rings. The Morgan fingerprint density at radius 3 is 2.72 bits per heavy atom. The van der Waals surface area contributed by atoms with Crippen molar-refractivity contribution in [3.63, 3.8) is 0 Å². The quantitative estimate of drug-likeness (QED) is 0.717. The highest BCUT2D eigenvalue weighted by atomic mass is 19.1. The maximum atomic E-state index is 13.6. The molecule has 29 heavy (non-hydrogen) atoms. The van der Waals surface area contributed by atoms with Crippen molar-refractivity contribution in [2.45, 2.75) is 39.1 Å². The van der Waals surface area contributed by atoms with Crippen molar-refractivity contribution in [3.05, 3.63) is 71.0 Å². The molecule has 1 fully saturated rings. The zero-order valence-electron chi connectivity index (χ0n) is 17.2. The van der Waals surface area contributed by atoms with Crippen LogP contribution in [0.4, 0.5) is 4.39 Å². The first-order valence-corrected chi connectivity index (χ1v) is 10.2. The number of piperazine rings is 1. The van der Waals surface area contributed by atoms with Crippen LogP contribution in [0.2, 0.25) is 0 Å². The number of carbonyl (C=O) groups is 1. The molecule has 1 amide bonds. The maximum Gasteiger partial charge on any atom is 0.234 e. The minimum absolute atomic E-state index is 0.00885. The molecular weight excluding hydrogens is 369 g/mol. The molecule has 156 valence electrons.